The highest BCUT2D eigenvalue weighted by Crippen LogP contribution is 2.16. The van der Waals surface area contributed by atoms with Crippen LogP contribution in [0.25, 0.3) is 0 Å². The first-order valence-electron chi connectivity index (χ1n) is 6.88. The zero-order valence-electron chi connectivity index (χ0n) is 12.5. The lowest BCUT2D eigenvalue weighted by atomic mass is 10.2. The number of benzene rings is 1. The molecule has 2 unspecified atom stereocenters. The van der Waals surface area contributed by atoms with Crippen molar-refractivity contribution in [3.63, 3.8) is 0 Å². The van der Waals surface area contributed by atoms with Crippen molar-refractivity contribution in [1.82, 2.24) is 4.90 Å². The summed E-state index contributed by atoms with van der Waals surface area (Å²) >= 11 is 0. The first-order chi connectivity index (χ1) is 10.2. The van der Waals surface area contributed by atoms with E-state index < -0.39 is 30.9 Å². The summed E-state index contributed by atoms with van der Waals surface area (Å²) in [6, 6.07) is 9.00. The number of amides is 1. The second kappa shape index (κ2) is 8.14. The largest absolute Gasteiger partial charge is 0.411 e. The Morgan fingerprint density at radius 1 is 1.27 bits per heavy atom. The molecule has 4 nitrogen and oxygen atoms in total. The minimum absolute atomic E-state index is 0.0213. The maximum absolute atomic E-state index is 12.2. The molecular formula is C15H20F3NO3. The van der Waals surface area contributed by atoms with Gasteiger partial charge in [0.1, 0.15) is 12.7 Å². The molecule has 0 spiro atoms. The van der Waals surface area contributed by atoms with Crippen molar-refractivity contribution in [3.8, 4) is 0 Å². The predicted octanol–water partition coefficient (Wildman–Crippen LogP) is 2.36. The lowest BCUT2D eigenvalue weighted by Gasteiger charge is -2.27. The Bertz CT molecular complexity index is 463. The monoisotopic (exact) mass is 319 g/mol. The number of nitrogens with zero attached hydrogens (tertiary/aromatic N) is 1. The van der Waals surface area contributed by atoms with Gasteiger partial charge in [0.25, 0.3) is 5.91 Å². The van der Waals surface area contributed by atoms with Crippen LogP contribution in [-0.2, 0) is 16.1 Å². The highest BCUT2D eigenvalue weighted by atomic mass is 19.4. The number of alkyl halides is 3. The van der Waals surface area contributed by atoms with Crippen LogP contribution in [0.4, 0.5) is 13.2 Å². The van der Waals surface area contributed by atoms with Crippen molar-refractivity contribution in [1.29, 1.82) is 0 Å². The predicted molar refractivity (Wildman–Crippen MR) is 75.0 cm³/mol. The summed E-state index contributed by atoms with van der Waals surface area (Å²) in [6.07, 6.45) is -6.50. The van der Waals surface area contributed by atoms with Crippen LogP contribution in [0, 0.1) is 0 Å². The van der Waals surface area contributed by atoms with Gasteiger partial charge >= 0.3 is 6.18 Å². The SMILES string of the molecule is CC(O)CN(Cc1ccccc1)C(=O)C(C)OCC(F)(F)F. The van der Waals surface area contributed by atoms with E-state index in [0.29, 0.717) is 0 Å². The van der Waals surface area contributed by atoms with E-state index in [1.807, 2.05) is 6.07 Å². The van der Waals surface area contributed by atoms with E-state index in [9.17, 15) is 23.1 Å². The second-order valence-corrected chi connectivity index (χ2v) is 5.12. The molecule has 7 heteroatoms. The van der Waals surface area contributed by atoms with Gasteiger partial charge in [-0.05, 0) is 19.4 Å². The van der Waals surface area contributed by atoms with Crippen molar-refractivity contribution < 1.29 is 27.8 Å². The van der Waals surface area contributed by atoms with Crippen molar-refractivity contribution in [3.05, 3.63) is 35.9 Å². The molecule has 0 aliphatic rings. The van der Waals surface area contributed by atoms with Gasteiger partial charge in [-0.25, -0.2) is 0 Å². The second-order valence-electron chi connectivity index (χ2n) is 5.12. The van der Waals surface area contributed by atoms with E-state index in [0.717, 1.165) is 5.56 Å². The number of hydrogen-bond donors (Lipinski definition) is 1. The van der Waals surface area contributed by atoms with Gasteiger partial charge in [-0.3, -0.25) is 4.79 Å². The Morgan fingerprint density at radius 2 is 1.86 bits per heavy atom. The Balaban J connectivity index is 2.71. The number of ether oxygens (including phenoxy) is 1. The topological polar surface area (TPSA) is 49.8 Å². The summed E-state index contributed by atoms with van der Waals surface area (Å²) in [7, 11) is 0. The number of aliphatic hydroxyl groups is 1. The Kier molecular flexibility index (Phi) is 6.83. The van der Waals surface area contributed by atoms with Crippen LogP contribution >= 0.6 is 0 Å². The third-order valence-electron chi connectivity index (χ3n) is 2.86. The molecule has 0 aliphatic carbocycles. The average Bonchev–Trinajstić information content (AvgIpc) is 2.43. The summed E-state index contributed by atoms with van der Waals surface area (Å²) < 4.78 is 41.0. The molecule has 0 aromatic heterocycles. The summed E-state index contributed by atoms with van der Waals surface area (Å²) in [4.78, 5) is 13.5. The minimum atomic E-state index is -4.48. The third-order valence-corrected chi connectivity index (χ3v) is 2.86. The van der Waals surface area contributed by atoms with Gasteiger partial charge in [-0.2, -0.15) is 13.2 Å². The van der Waals surface area contributed by atoms with Crippen molar-refractivity contribution in [2.75, 3.05) is 13.2 Å². The van der Waals surface area contributed by atoms with Gasteiger partial charge in [0.2, 0.25) is 0 Å². The van der Waals surface area contributed by atoms with E-state index in [4.69, 9.17) is 0 Å². The number of carbonyl (C=O) groups is 1. The number of rotatable bonds is 7. The highest BCUT2D eigenvalue weighted by Gasteiger charge is 2.31. The Hall–Kier alpha value is -1.60. The third kappa shape index (κ3) is 6.91. The van der Waals surface area contributed by atoms with Gasteiger partial charge < -0.3 is 14.7 Å². The van der Waals surface area contributed by atoms with Crippen LogP contribution in [0.5, 0.6) is 0 Å². The fourth-order valence-corrected chi connectivity index (χ4v) is 1.90. The van der Waals surface area contributed by atoms with Crippen molar-refractivity contribution in [2.45, 2.75) is 38.8 Å². The molecule has 1 N–H and O–H groups in total. The summed E-state index contributed by atoms with van der Waals surface area (Å²) in [5.74, 6) is -0.589. The fraction of sp³-hybridized carbons (Fsp3) is 0.533. The molecular weight excluding hydrogens is 299 g/mol. The van der Waals surface area contributed by atoms with Crippen LogP contribution < -0.4 is 0 Å². The number of aliphatic hydroxyl groups excluding tert-OH is 1. The van der Waals surface area contributed by atoms with Crippen LogP contribution in [0.1, 0.15) is 19.4 Å². The molecule has 1 rings (SSSR count). The minimum Gasteiger partial charge on any atom is -0.392 e. The molecule has 0 radical (unpaired) electrons. The van der Waals surface area contributed by atoms with E-state index in [1.165, 1.54) is 18.7 Å². The standard InChI is InChI=1S/C15H20F3NO3/c1-11(20)8-19(9-13-6-4-3-5-7-13)14(21)12(2)22-10-15(16,17)18/h3-7,11-12,20H,8-10H2,1-2H3. The molecule has 124 valence electrons. The lowest BCUT2D eigenvalue weighted by molar-refractivity contribution is -0.189. The summed E-state index contributed by atoms with van der Waals surface area (Å²) in [5.41, 5.74) is 0.819. The molecule has 0 aliphatic heterocycles. The number of carbonyl (C=O) groups excluding carboxylic acids is 1. The zero-order valence-corrected chi connectivity index (χ0v) is 12.5. The normalized spacial score (nSPS) is 14.5. The maximum atomic E-state index is 12.2. The summed E-state index contributed by atoms with van der Waals surface area (Å²) in [6.45, 7) is 1.52. The van der Waals surface area contributed by atoms with E-state index in [2.05, 4.69) is 4.74 Å². The lowest BCUT2D eigenvalue weighted by Crippen LogP contribution is -2.43. The molecule has 2 atom stereocenters. The smallest absolute Gasteiger partial charge is 0.392 e. The first-order valence-corrected chi connectivity index (χ1v) is 6.88. The molecule has 0 fully saturated rings. The van der Waals surface area contributed by atoms with E-state index in [1.54, 1.807) is 24.3 Å². The number of halogens is 3. The molecule has 0 saturated carbocycles. The Morgan fingerprint density at radius 3 is 2.36 bits per heavy atom. The van der Waals surface area contributed by atoms with Crippen molar-refractivity contribution in [2.24, 2.45) is 0 Å². The van der Waals surface area contributed by atoms with Gasteiger partial charge in [-0.15, -0.1) is 0 Å². The van der Waals surface area contributed by atoms with Crippen LogP contribution in [0.2, 0.25) is 0 Å². The fourth-order valence-electron chi connectivity index (χ4n) is 1.90. The summed E-state index contributed by atoms with van der Waals surface area (Å²) in [5, 5.41) is 9.48. The van der Waals surface area contributed by atoms with Gasteiger partial charge in [-0.1, -0.05) is 30.3 Å². The van der Waals surface area contributed by atoms with Gasteiger partial charge in [0.15, 0.2) is 0 Å². The quantitative estimate of drug-likeness (QED) is 0.839. The molecule has 1 aromatic carbocycles. The molecule has 0 saturated heterocycles. The van der Waals surface area contributed by atoms with Gasteiger partial charge in [0, 0.05) is 13.1 Å². The zero-order chi connectivity index (χ0) is 16.8. The van der Waals surface area contributed by atoms with Gasteiger partial charge in [0.05, 0.1) is 6.10 Å². The first kappa shape index (κ1) is 18.4. The van der Waals surface area contributed by atoms with E-state index >= 15 is 0 Å². The molecule has 0 heterocycles. The van der Waals surface area contributed by atoms with Crippen LogP contribution in [0.15, 0.2) is 30.3 Å². The van der Waals surface area contributed by atoms with Crippen molar-refractivity contribution >= 4 is 5.91 Å². The highest BCUT2D eigenvalue weighted by molar-refractivity contribution is 5.80. The molecule has 22 heavy (non-hydrogen) atoms. The molecule has 1 amide bonds. The van der Waals surface area contributed by atoms with Crippen LogP contribution in [-0.4, -0.2) is 47.4 Å². The average molecular weight is 319 g/mol. The molecule has 1 aromatic rings. The molecule has 0 bridgehead atoms. The van der Waals surface area contributed by atoms with E-state index in [-0.39, 0.29) is 13.1 Å². The maximum Gasteiger partial charge on any atom is 0.411 e. The Labute approximate surface area is 127 Å². The number of hydrogen-bond acceptors (Lipinski definition) is 3. The van der Waals surface area contributed by atoms with Crippen LogP contribution in [0.3, 0.4) is 0 Å².